The Morgan fingerprint density at radius 1 is 1.40 bits per heavy atom. The maximum atomic E-state index is 12.1. The summed E-state index contributed by atoms with van der Waals surface area (Å²) in [6.45, 7) is 3.88. The van der Waals surface area contributed by atoms with E-state index in [0.29, 0.717) is 16.6 Å². The molecule has 1 aromatic rings. The maximum absolute atomic E-state index is 12.1. The van der Waals surface area contributed by atoms with Gasteiger partial charge in [0.25, 0.3) is 5.56 Å². The van der Waals surface area contributed by atoms with E-state index in [2.05, 4.69) is 15.9 Å². The highest BCUT2D eigenvalue weighted by molar-refractivity contribution is 9.10. The molecule has 1 aliphatic heterocycles. The molecule has 0 amide bonds. The van der Waals surface area contributed by atoms with Gasteiger partial charge in [0.15, 0.2) is 0 Å². The Bertz CT molecular complexity index is 536. The first kappa shape index (κ1) is 15.3. The summed E-state index contributed by atoms with van der Waals surface area (Å²) >= 11 is 3.21. The molecule has 0 spiro atoms. The number of esters is 1. The second kappa shape index (κ2) is 7.04. The Hall–Kier alpha value is -1.14. The molecule has 1 fully saturated rings. The van der Waals surface area contributed by atoms with Crippen molar-refractivity contribution < 1.29 is 14.4 Å². The van der Waals surface area contributed by atoms with Crippen LogP contribution in [0.25, 0.3) is 0 Å². The van der Waals surface area contributed by atoms with Gasteiger partial charge in [0.2, 0.25) is 0 Å². The zero-order chi connectivity index (χ0) is 14.5. The molecule has 0 unspecified atom stereocenters. The molecule has 1 aliphatic rings. The molecule has 2 heterocycles. The van der Waals surface area contributed by atoms with Gasteiger partial charge in [0.1, 0.15) is 0 Å². The fourth-order valence-corrected chi connectivity index (χ4v) is 3.05. The van der Waals surface area contributed by atoms with Crippen LogP contribution < -0.4 is 10.5 Å². The number of pyridine rings is 1. The molecule has 110 valence electrons. The van der Waals surface area contributed by atoms with Gasteiger partial charge in [-0.25, -0.2) is 4.79 Å². The number of halogens is 1. The summed E-state index contributed by atoms with van der Waals surface area (Å²) in [7, 11) is 1.34. The number of quaternary nitrogens is 1. The van der Waals surface area contributed by atoms with Crippen LogP contribution in [0.5, 0.6) is 0 Å². The fraction of sp³-hybridized carbons (Fsp3) is 0.571. The number of hydrogen-bond donors (Lipinski definition) is 1. The minimum absolute atomic E-state index is 0.103. The van der Waals surface area contributed by atoms with Crippen molar-refractivity contribution in [3.63, 3.8) is 0 Å². The minimum atomic E-state index is -0.426. The van der Waals surface area contributed by atoms with Crippen molar-refractivity contribution in [3.8, 4) is 0 Å². The van der Waals surface area contributed by atoms with Gasteiger partial charge in [-0.05, 0) is 41.3 Å². The van der Waals surface area contributed by atoms with E-state index >= 15 is 0 Å². The number of carbonyl (C=O) groups excluding carboxylic acids is 1. The molecule has 1 aromatic heterocycles. The number of nitrogens with one attached hydrogen (secondary N) is 1. The average molecular weight is 344 g/mol. The van der Waals surface area contributed by atoms with E-state index in [-0.39, 0.29) is 5.56 Å². The van der Waals surface area contributed by atoms with E-state index in [0.717, 1.165) is 6.54 Å². The number of likely N-dealkylation sites (tertiary alicyclic amines) is 1. The number of rotatable bonds is 4. The highest BCUT2D eigenvalue weighted by Gasteiger charge is 2.15. The summed E-state index contributed by atoms with van der Waals surface area (Å²) in [6.07, 6.45) is 5.42. The molecule has 0 bridgehead atoms. The van der Waals surface area contributed by atoms with Crippen molar-refractivity contribution in [2.24, 2.45) is 0 Å². The normalized spacial score (nSPS) is 16.1. The van der Waals surface area contributed by atoms with E-state index in [1.807, 2.05) is 0 Å². The molecule has 5 nitrogen and oxygen atoms in total. The molecule has 6 heteroatoms. The topological polar surface area (TPSA) is 52.7 Å². The lowest BCUT2D eigenvalue weighted by molar-refractivity contribution is -0.905. The minimum Gasteiger partial charge on any atom is -0.465 e. The summed E-state index contributed by atoms with van der Waals surface area (Å²) in [5.41, 5.74) is 0.293. The Kier molecular flexibility index (Phi) is 5.37. The number of aromatic nitrogens is 1. The lowest BCUT2D eigenvalue weighted by Crippen LogP contribution is -3.13. The average Bonchev–Trinajstić information content (AvgIpc) is 2.48. The highest BCUT2D eigenvalue weighted by atomic mass is 79.9. The summed E-state index contributed by atoms with van der Waals surface area (Å²) in [4.78, 5) is 25.2. The van der Waals surface area contributed by atoms with Gasteiger partial charge in [-0.3, -0.25) is 4.79 Å². The summed E-state index contributed by atoms with van der Waals surface area (Å²) in [5, 5.41) is 0. The van der Waals surface area contributed by atoms with Gasteiger partial charge in [0, 0.05) is 6.20 Å². The molecule has 0 saturated carbocycles. The summed E-state index contributed by atoms with van der Waals surface area (Å²) in [5.74, 6) is -0.426. The Balaban J connectivity index is 2.11. The Morgan fingerprint density at radius 2 is 2.10 bits per heavy atom. The molecule has 0 atom stereocenters. The van der Waals surface area contributed by atoms with Crippen LogP contribution in [0.15, 0.2) is 21.5 Å². The van der Waals surface area contributed by atoms with Crippen LogP contribution in [-0.2, 0) is 11.3 Å². The first-order valence-electron chi connectivity index (χ1n) is 6.93. The van der Waals surface area contributed by atoms with Crippen LogP contribution in [0.1, 0.15) is 29.6 Å². The lowest BCUT2D eigenvalue weighted by Gasteiger charge is -2.23. The van der Waals surface area contributed by atoms with Crippen LogP contribution >= 0.6 is 15.9 Å². The molecular formula is C14H20BrN2O3+. The Morgan fingerprint density at radius 3 is 2.75 bits per heavy atom. The van der Waals surface area contributed by atoms with E-state index < -0.39 is 5.97 Å². The summed E-state index contributed by atoms with van der Waals surface area (Å²) in [6, 6.07) is 1.51. The van der Waals surface area contributed by atoms with Crippen molar-refractivity contribution in [2.45, 2.75) is 25.8 Å². The number of piperidine rings is 1. The third kappa shape index (κ3) is 3.70. The molecule has 20 heavy (non-hydrogen) atoms. The number of hydrogen-bond acceptors (Lipinski definition) is 3. The first-order valence-corrected chi connectivity index (χ1v) is 7.73. The molecule has 1 N–H and O–H groups in total. The molecule has 0 radical (unpaired) electrons. The monoisotopic (exact) mass is 343 g/mol. The maximum Gasteiger partial charge on any atom is 0.339 e. The van der Waals surface area contributed by atoms with Gasteiger partial charge in [0.05, 0.1) is 43.3 Å². The van der Waals surface area contributed by atoms with Crippen LogP contribution in [0, 0.1) is 0 Å². The molecule has 2 rings (SSSR count). The molecule has 0 aliphatic carbocycles. The third-order valence-corrected chi connectivity index (χ3v) is 4.30. The smallest absolute Gasteiger partial charge is 0.339 e. The van der Waals surface area contributed by atoms with Gasteiger partial charge >= 0.3 is 5.97 Å². The third-order valence-electron chi connectivity index (χ3n) is 3.73. The van der Waals surface area contributed by atoms with Crippen molar-refractivity contribution in [2.75, 3.05) is 26.7 Å². The van der Waals surface area contributed by atoms with Crippen molar-refractivity contribution in [3.05, 3.63) is 32.7 Å². The van der Waals surface area contributed by atoms with Crippen molar-refractivity contribution in [1.82, 2.24) is 4.57 Å². The SMILES string of the molecule is COC(=O)c1cc(Br)c(=O)n(CC[NH+]2CCCCC2)c1. The fourth-order valence-electron chi connectivity index (χ4n) is 2.58. The van der Waals surface area contributed by atoms with Crippen molar-refractivity contribution in [1.29, 1.82) is 0 Å². The zero-order valence-electron chi connectivity index (χ0n) is 11.7. The van der Waals surface area contributed by atoms with Gasteiger partial charge in [-0.1, -0.05) is 0 Å². The highest BCUT2D eigenvalue weighted by Crippen LogP contribution is 2.08. The summed E-state index contributed by atoms with van der Waals surface area (Å²) < 4.78 is 6.69. The quantitative estimate of drug-likeness (QED) is 0.808. The second-order valence-corrected chi connectivity index (χ2v) is 5.98. The predicted molar refractivity (Wildman–Crippen MR) is 79.2 cm³/mol. The van der Waals surface area contributed by atoms with Crippen LogP contribution in [-0.4, -0.2) is 37.3 Å². The standard InChI is InChI=1S/C14H19BrN2O3/c1-20-14(19)11-9-12(15)13(18)17(10-11)8-7-16-5-3-2-4-6-16/h9-10H,2-8H2,1H3/p+1. The zero-order valence-corrected chi connectivity index (χ0v) is 13.2. The van der Waals surface area contributed by atoms with Crippen LogP contribution in [0.3, 0.4) is 0 Å². The predicted octanol–water partition coefficient (Wildman–Crippen LogP) is 0.466. The van der Waals surface area contributed by atoms with Gasteiger partial charge in [-0.2, -0.15) is 0 Å². The first-order chi connectivity index (χ1) is 9.61. The van der Waals surface area contributed by atoms with E-state index in [1.54, 1.807) is 10.8 Å². The van der Waals surface area contributed by atoms with Gasteiger partial charge in [-0.15, -0.1) is 0 Å². The second-order valence-electron chi connectivity index (χ2n) is 5.13. The number of nitrogens with zero attached hydrogens (tertiary/aromatic N) is 1. The van der Waals surface area contributed by atoms with E-state index in [1.165, 1.54) is 50.4 Å². The number of carbonyl (C=O) groups is 1. The van der Waals surface area contributed by atoms with Gasteiger partial charge < -0.3 is 14.2 Å². The number of ether oxygens (including phenoxy) is 1. The molecule has 1 saturated heterocycles. The van der Waals surface area contributed by atoms with Crippen LogP contribution in [0.4, 0.5) is 0 Å². The molecular weight excluding hydrogens is 324 g/mol. The largest absolute Gasteiger partial charge is 0.465 e. The van der Waals surface area contributed by atoms with Crippen LogP contribution in [0.2, 0.25) is 0 Å². The molecule has 0 aromatic carbocycles. The van der Waals surface area contributed by atoms with E-state index in [9.17, 15) is 9.59 Å². The van der Waals surface area contributed by atoms with Crippen molar-refractivity contribution >= 4 is 21.9 Å². The lowest BCUT2D eigenvalue weighted by atomic mass is 10.1. The Labute approximate surface area is 126 Å². The van der Waals surface area contributed by atoms with E-state index in [4.69, 9.17) is 4.74 Å². The number of methoxy groups -OCH3 is 1.